The van der Waals surface area contributed by atoms with Crippen molar-refractivity contribution in [2.24, 2.45) is 0 Å². The molecule has 0 aliphatic rings. The van der Waals surface area contributed by atoms with Gasteiger partial charge in [-0.25, -0.2) is 0 Å². The predicted molar refractivity (Wildman–Crippen MR) is 73.9 cm³/mol. The zero-order valence-electron chi connectivity index (χ0n) is 10.7. The van der Waals surface area contributed by atoms with Gasteiger partial charge in [0.2, 0.25) is 0 Å². The monoisotopic (exact) mass is 270 g/mol. The van der Waals surface area contributed by atoms with Crippen LogP contribution in [0, 0.1) is 0 Å². The molecule has 0 amide bonds. The highest BCUT2D eigenvalue weighted by Gasteiger charge is 2.14. The summed E-state index contributed by atoms with van der Waals surface area (Å²) in [6.07, 6.45) is 0.314. The molecular weight excluding hydrogens is 256 g/mol. The van der Waals surface area contributed by atoms with Gasteiger partial charge in [-0.3, -0.25) is 9.59 Å². The van der Waals surface area contributed by atoms with Crippen molar-refractivity contribution in [2.75, 3.05) is 0 Å². The van der Waals surface area contributed by atoms with Gasteiger partial charge < -0.3 is 10.2 Å². The zero-order chi connectivity index (χ0) is 14.5. The number of hydrogen-bond donors (Lipinski definition) is 2. The van der Waals surface area contributed by atoms with E-state index >= 15 is 0 Å². The predicted octanol–water partition coefficient (Wildman–Crippen LogP) is 2.64. The number of aromatic hydroxyl groups is 1. The Morgan fingerprint density at radius 2 is 1.70 bits per heavy atom. The number of phenols is 1. The first-order chi connectivity index (χ1) is 9.58. The first-order valence-electron chi connectivity index (χ1n) is 6.21. The molecule has 2 rings (SSSR count). The minimum atomic E-state index is -0.894. The maximum Gasteiger partial charge on any atom is 0.303 e. The van der Waals surface area contributed by atoms with Gasteiger partial charge in [0.25, 0.3) is 0 Å². The van der Waals surface area contributed by atoms with E-state index in [4.69, 9.17) is 5.11 Å². The normalized spacial score (nSPS) is 10.2. The summed E-state index contributed by atoms with van der Waals surface area (Å²) in [5.41, 5.74) is 1.39. The van der Waals surface area contributed by atoms with Crippen LogP contribution in [0.5, 0.6) is 5.75 Å². The molecule has 2 aromatic carbocycles. The van der Waals surface area contributed by atoms with Crippen molar-refractivity contribution in [3.63, 3.8) is 0 Å². The average molecular weight is 270 g/mol. The summed E-state index contributed by atoms with van der Waals surface area (Å²) in [7, 11) is 0. The molecule has 0 fully saturated rings. The summed E-state index contributed by atoms with van der Waals surface area (Å²) in [6.45, 7) is 0. The maximum absolute atomic E-state index is 12.3. The number of ketones is 1. The number of aryl methyl sites for hydroxylation is 1. The molecule has 0 bridgehead atoms. The van der Waals surface area contributed by atoms with Crippen molar-refractivity contribution in [2.45, 2.75) is 12.8 Å². The Morgan fingerprint density at radius 1 is 1.00 bits per heavy atom. The highest BCUT2D eigenvalue weighted by molar-refractivity contribution is 6.10. The SMILES string of the molecule is O=C(O)CCc1ccc(O)c(C(=O)c2ccccc2)c1. The highest BCUT2D eigenvalue weighted by Crippen LogP contribution is 2.22. The Kier molecular flexibility index (Phi) is 4.15. The number of carbonyl (C=O) groups excluding carboxylic acids is 1. The lowest BCUT2D eigenvalue weighted by Crippen LogP contribution is -2.03. The lowest BCUT2D eigenvalue weighted by Gasteiger charge is -2.07. The fourth-order valence-electron chi connectivity index (χ4n) is 1.92. The van der Waals surface area contributed by atoms with Crippen LogP contribution in [0.3, 0.4) is 0 Å². The fourth-order valence-corrected chi connectivity index (χ4v) is 1.92. The van der Waals surface area contributed by atoms with Gasteiger partial charge in [-0.15, -0.1) is 0 Å². The van der Waals surface area contributed by atoms with Crippen molar-refractivity contribution >= 4 is 11.8 Å². The molecule has 4 nitrogen and oxygen atoms in total. The summed E-state index contributed by atoms with van der Waals surface area (Å²) in [5, 5.41) is 18.5. The quantitative estimate of drug-likeness (QED) is 0.819. The summed E-state index contributed by atoms with van der Waals surface area (Å²) >= 11 is 0. The van der Waals surface area contributed by atoms with Crippen LogP contribution in [0.2, 0.25) is 0 Å². The topological polar surface area (TPSA) is 74.6 Å². The molecule has 0 unspecified atom stereocenters. The van der Waals surface area contributed by atoms with E-state index in [1.807, 2.05) is 0 Å². The van der Waals surface area contributed by atoms with Gasteiger partial charge in [-0.1, -0.05) is 36.4 Å². The number of rotatable bonds is 5. The van der Waals surface area contributed by atoms with Crippen LogP contribution in [0.4, 0.5) is 0 Å². The highest BCUT2D eigenvalue weighted by atomic mass is 16.4. The summed E-state index contributed by atoms with van der Waals surface area (Å²) < 4.78 is 0. The van der Waals surface area contributed by atoms with Crippen molar-refractivity contribution in [1.82, 2.24) is 0 Å². The van der Waals surface area contributed by atoms with E-state index in [1.165, 1.54) is 6.07 Å². The molecule has 0 heterocycles. The van der Waals surface area contributed by atoms with Crippen LogP contribution >= 0.6 is 0 Å². The van der Waals surface area contributed by atoms with Crippen LogP contribution in [-0.2, 0) is 11.2 Å². The van der Waals surface area contributed by atoms with E-state index in [0.29, 0.717) is 17.5 Å². The molecule has 102 valence electrons. The summed E-state index contributed by atoms with van der Waals surface area (Å²) in [4.78, 5) is 22.8. The minimum absolute atomic E-state index is 0.0102. The second-order valence-corrected chi connectivity index (χ2v) is 4.44. The van der Waals surface area contributed by atoms with Gasteiger partial charge in [0.05, 0.1) is 5.56 Å². The van der Waals surface area contributed by atoms with Crippen LogP contribution < -0.4 is 0 Å². The summed E-state index contributed by atoms with van der Waals surface area (Å²) in [5.74, 6) is -1.27. The van der Waals surface area contributed by atoms with Crippen molar-refractivity contribution in [1.29, 1.82) is 0 Å². The van der Waals surface area contributed by atoms with Gasteiger partial charge in [0.1, 0.15) is 5.75 Å². The Bertz CT molecular complexity index is 632. The Morgan fingerprint density at radius 3 is 2.35 bits per heavy atom. The molecule has 0 radical (unpaired) electrons. The number of carboxylic acid groups (broad SMARTS) is 1. The third-order valence-corrected chi connectivity index (χ3v) is 2.97. The van der Waals surface area contributed by atoms with Crippen molar-refractivity contribution < 1.29 is 19.8 Å². The Balaban J connectivity index is 2.29. The molecule has 0 atom stereocenters. The van der Waals surface area contributed by atoms with E-state index in [-0.39, 0.29) is 23.5 Å². The van der Waals surface area contributed by atoms with Crippen LogP contribution in [0.15, 0.2) is 48.5 Å². The molecule has 0 saturated carbocycles. The molecule has 2 N–H and O–H groups in total. The molecule has 0 aromatic heterocycles. The number of aliphatic carboxylic acids is 1. The second kappa shape index (κ2) is 6.02. The third-order valence-electron chi connectivity index (χ3n) is 2.97. The first kappa shape index (κ1) is 13.8. The largest absolute Gasteiger partial charge is 0.507 e. The van der Waals surface area contributed by atoms with E-state index in [0.717, 1.165) is 0 Å². The maximum atomic E-state index is 12.3. The number of carboxylic acids is 1. The lowest BCUT2D eigenvalue weighted by atomic mass is 9.99. The van der Waals surface area contributed by atoms with Gasteiger partial charge in [0, 0.05) is 12.0 Å². The fraction of sp³-hybridized carbons (Fsp3) is 0.125. The van der Waals surface area contributed by atoms with Gasteiger partial charge in [-0.05, 0) is 24.1 Å². The van der Waals surface area contributed by atoms with Crippen molar-refractivity contribution in [3.8, 4) is 5.75 Å². The Labute approximate surface area is 116 Å². The van der Waals surface area contributed by atoms with Gasteiger partial charge in [-0.2, -0.15) is 0 Å². The van der Waals surface area contributed by atoms with Crippen LogP contribution in [0.1, 0.15) is 27.9 Å². The zero-order valence-corrected chi connectivity index (χ0v) is 10.7. The van der Waals surface area contributed by atoms with Gasteiger partial charge >= 0.3 is 5.97 Å². The smallest absolute Gasteiger partial charge is 0.303 e. The average Bonchev–Trinajstić information content (AvgIpc) is 2.46. The lowest BCUT2D eigenvalue weighted by molar-refractivity contribution is -0.136. The van der Waals surface area contributed by atoms with Crippen LogP contribution in [0.25, 0.3) is 0 Å². The van der Waals surface area contributed by atoms with E-state index in [2.05, 4.69) is 0 Å². The summed E-state index contributed by atoms with van der Waals surface area (Å²) in [6, 6.07) is 13.2. The number of phenolic OH excluding ortho intramolecular Hbond substituents is 1. The molecule has 20 heavy (non-hydrogen) atoms. The number of hydrogen-bond acceptors (Lipinski definition) is 3. The molecule has 4 heteroatoms. The molecular formula is C16H14O4. The standard InChI is InChI=1S/C16H14O4/c17-14-8-6-11(7-9-15(18)19)10-13(14)16(20)12-4-2-1-3-5-12/h1-6,8,10,17H,7,9H2,(H,18,19). The molecule has 0 saturated heterocycles. The molecule has 0 spiro atoms. The minimum Gasteiger partial charge on any atom is -0.507 e. The third kappa shape index (κ3) is 3.23. The molecule has 0 aliphatic carbocycles. The van der Waals surface area contributed by atoms with E-state index in [9.17, 15) is 14.7 Å². The van der Waals surface area contributed by atoms with E-state index in [1.54, 1.807) is 42.5 Å². The number of carbonyl (C=O) groups is 2. The number of benzene rings is 2. The van der Waals surface area contributed by atoms with Gasteiger partial charge in [0.15, 0.2) is 5.78 Å². The van der Waals surface area contributed by atoms with Crippen molar-refractivity contribution in [3.05, 3.63) is 65.2 Å². The molecule has 2 aromatic rings. The first-order valence-corrected chi connectivity index (χ1v) is 6.21. The Hall–Kier alpha value is -2.62. The second-order valence-electron chi connectivity index (χ2n) is 4.44. The van der Waals surface area contributed by atoms with Crippen LogP contribution in [-0.4, -0.2) is 22.0 Å². The van der Waals surface area contributed by atoms with E-state index < -0.39 is 5.97 Å². The molecule has 0 aliphatic heterocycles.